The zero-order valence-electron chi connectivity index (χ0n) is 11.9. The first-order valence-electron chi connectivity index (χ1n) is 6.42. The van der Waals surface area contributed by atoms with Crippen molar-refractivity contribution in [3.05, 3.63) is 42.0 Å². The molecule has 0 bridgehead atoms. The third-order valence-electron chi connectivity index (χ3n) is 3.00. The standard InChI is InChI=1S/C15H18N2O3/c1-11(2)17-10-16-7-13(17)9-20-14-5-4-12(8-18)6-15(14)19-3/h4-8,10-11H,9H2,1-3H3. The molecule has 0 spiro atoms. The van der Waals surface area contributed by atoms with Crippen molar-refractivity contribution in [3.8, 4) is 11.5 Å². The van der Waals surface area contributed by atoms with Crippen LogP contribution >= 0.6 is 0 Å². The van der Waals surface area contributed by atoms with Crippen LogP contribution in [0.4, 0.5) is 0 Å². The van der Waals surface area contributed by atoms with Gasteiger partial charge in [-0.3, -0.25) is 4.79 Å². The molecule has 0 aliphatic heterocycles. The normalized spacial score (nSPS) is 10.6. The molecule has 106 valence electrons. The molecule has 0 aliphatic carbocycles. The Morgan fingerprint density at radius 1 is 1.35 bits per heavy atom. The fourth-order valence-electron chi connectivity index (χ4n) is 1.94. The van der Waals surface area contributed by atoms with E-state index in [4.69, 9.17) is 9.47 Å². The molecule has 0 atom stereocenters. The highest BCUT2D eigenvalue weighted by Crippen LogP contribution is 2.28. The van der Waals surface area contributed by atoms with E-state index < -0.39 is 0 Å². The number of hydrogen-bond acceptors (Lipinski definition) is 4. The Bertz CT molecular complexity index is 591. The molecule has 5 heteroatoms. The minimum atomic E-state index is 0.329. The van der Waals surface area contributed by atoms with Gasteiger partial charge in [-0.05, 0) is 32.0 Å². The summed E-state index contributed by atoms with van der Waals surface area (Å²) in [5.74, 6) is 1.15. The lowest BCUT2D eigenvalue weighted by Crippen LogP contribution is -2.07. The van der Waals surface area contributed by atoms with Crippen molar-refractivity contribution in [2.45, 2.75) is 26.5 Å². The number of ether oxygens (including phenoxy) is 2. The molecule has 0 aliphatic rings. The van der Waals surface area contributed by atoms with E-state index in [9.17, 15) is 4.79 Å². The number of rotatable bonds is 6. The quantitative estimate of drug-likeness (QED) is 0.760. The average Bonchev–Trinajstić information content (AvgIpc) is 2.93. The second kappa shape index (κ2) is 6.23. The van der Waals surface area contributed by atoms with Gasteiger partial charge in [-0.25, -0.2) is 4.98 Å². The summed E-state index contributed by atoms with van der Waals surface area (Å²) in [4.78, 5) is 14.9. The molecular weight excluding hydrogens is 256 g/mol. The third kappa shape index (κ3) is 2.99. The Morgan fingerprint density at radius 3 is 2.80 bits per heavy atom. The highest BCUT2D eigenvalue weighted by Gasteiger charge is 2.09. The van der Waals surface area contributed by atoms with E-state index in [-0.39, 0.29) is 0 Å². The van der Waals surface area contributed by atoms with Crippen LogP contribution in [0.3, 0.4) is 0 Å². The zero-order valence-corrected chi connectivity index (χ0v) is 11.9. The van der Waals surface area contributed by atoms with Crippen LogP contribution in [0.1, 0.15) is 35.9 Å². The van der Waals surface area contributed by atoms with Crippen molar-refractivity contribution in [2.24, 2.45) is 0 Å². The Labute approximate surface area is 118 Å². The van der Waals surface area contributed by atoms with E-state index in [2.05, 4.69) is 18.8 Å². The zero-order chi connectivity index (χ0) is 14.5. The SMILES string of the molecule is COc1cc(C=O)ccc1OCc1cncn1C(C)C. The summed E-state index contributed by atoms with van der Waals surface area (Å²) in [5.41, 5.74) is 1.54. The van der Waals surface area contributed by atoms with Gasteiger partial charge in [0.25, 0.3) is 0 Å². The van der Waals surface area contributed by atoms with Gasteiger partial charge in [0, 0.05) is 11.6 Å². The molecule has 0 fully saturated rings. The van der Waals surface area contributed by atoms with Gasteiger partial charge in [-0.2, -0.15) is 0 Å². The molecule has 1 aromatic heterocycles. The van der Waals surface area contributed by atoms with Crippen molar-refractivity contribution in [1.29, 1.82) is 0 Å². The Hall–Kier alpha value is -2.30. The molecule has 0 unspecified atom stereocenters. The molecule has 20 heavy (non-hydrogen) atoms. The maximum absolute atomic E-state index is 10.7. The summed E-state index contributed by atoms with van der Waals surface area (Å²) in [7, 11) is 1.55. The number of hydrogen-bond donors (Lipinski definition) is 0. The molecular formula is C15H18N2O3. The lowest BCUT2D eigenvalue weighted by Gasteiger charge is -2.14. The monoisotopic (exact) mass is 274 g/mol. The van der Waals surface area contributed by atoms with Crippen LogP contribution in [-0.4, -0.2) is 22.9 Å². The smallest absolute Gasteiger partial charge is 0.161 e. The van der Waals surface area contributed by atoms with E-state index in [0.29, 0.717) is 29.7 Å². The van der Waals surface area contributed by atoms with E-state index >= 15 is 0 Å². The van der Waals surface area contributed by atoms with Crippen molar-refractivity contribution in [3.63, 3.8) is 0 Å². The topological polar surface area (TPSA) is 53.4 Å². The summed E-state index contributed by atoms with van der Waals surface area (Å²) in [5, 5.41) is 0. The first-order valence-corrected chi connectivity index (χ1v) is 6.42. The Morgan fingerprint density at radius 2 is 2.15 bits per heavy atom. The number of aromatic nitrogens is 2. The third-order valence-corrected chi connectivity index (χ3v) is 3.00. The molecule has 5 nitrogen and oxygen atoms in total. The number of imidazole rings is 1. The Balaban J connectivity index is 2.14. The number of carbonyl (C=O) groups excluding carboxylic acids is 1. The molecule has 0 N–H and O–H groups in total. The summed E-state index contributed by atoms with van der Waals surface area (Å²) in [6.45, 7) is 4.57. The van der Waals surface area contributed by atoms with Gasteiger partial charge in [-0.1, -0.05) is 0 Å². The van der Waals surface area contributed by atoms with Crippen LogP contribution in [-0.2, 0) is 6.61 Å². The summed E-state index contributed by atoms with van der Waals surface area (Å²) in [6, 6.07) is 5.42. The summed E-state index contributed by atoms with van der Waals surface area (Å²) < 4.78 is 13.0. The van der Waals surface area contributed by atoms with Gasteiger partial charge in [0.2, 0.25) is 0 Å². The Kier molecular flexibility index (Phi) is 4.40. The highest BCUT2D eigenvalue weighted by atomic mass is 16.5. The van der Waals surface area contributed by atoms with Gasteiger partial charge in [0.05, 0.1) is 25.3 Å². The van der Waals surface area contributed by atoms with E-state index in [1.165, 1.54) is 0 Å². The van der Waals surface area contributed by atoms with Crippen LogP contribution in [0.25, 0.3) is 0 Å². The van der Waals surface area contributed by atoms with Gasteiger partial charge < -0.3 is 14.0 Å². The number of aldehydes is 1. The molecule has 0 saturated heterocycles. The molecule has 0 saturated carbocycles. The predicted molar refractivity (Wildman–Crippen MR) is 75.3 cm³/mol. The molecule has 2 aromatic rings. The molecule has 0 radical (unpaired) electrons. The molecule has 0 amide bonds. The fraction of sp³-hybridized carbons (Fsp3) is 0.333. The van der Waals surface area contributed by atoms with Crippen LogP contribution in [0.15, 0.2) is 30.7 Å². The predicted octanol–water partition coefficient (Wildman–Crippen LogP) is 2.86. The maximum atomic E-state index is 10.7. The van der Waals surface area contributed by atoms with E-state index in [1.807, 2.05) is 4.57 Å². The van der Waals surface area contributed by atoms with Crippen LogP contribution in [0.5, 0.6) is 11.5 Å². The van der Waals surface area contributed by atoms with Crippen LogP contribution < -0.4 is 9.47 Å². The van der Waals surface area contributed by atoms with Crippen molar-refractivity contribution in [2.75, 3.05) is 7.11 Å². The van der Waals surface area contributed by atoms with Gasteiger partial charge >= 0.3 is 0 Å². The highest BCUT2D eigenvalue weighted by molar-refractivity contribution is 5.76. The second-order valence-electron chi connectivity index (χ2n) is 4.70. The van der Waals surface area contributed by atoms with Crippen LogP contribution in [0.2, 0.25) is 0 Å². The molecule has 1 heterocycles. The fourth-order valence-corrected chi connectivity index (χ4v) is 1.94. The lowest BCUT2D eigenvalue weighted by atomic mass is 10.2. The summed E-state index contributed by atoms with van der Waals surface area (Å²) in [6.07, 6.45) is 4.35. The first kappa shape index (κ1) is 14.1. The minimum absolute atomic E-state index is 0.329. The van der Waals surface area contributed by atoms with Crippen molar-refractivity contribution in [1.82, 2.24) is 9.55 Å². The minimum Gasteiger partial charge on any atom is -0.493 e. The van der Waals surface area contributed by atoms with Crippen molar-refractivity contribution >= 4 is 6.29 Å². The van der Waals surface area contributed by atoms with Crippen molar-refractivity contribution < 1.29 is 14.3 Å². The lowest BCUT2D eigenvalue weighted by molar-refractivity contribution is 0.112. The van der Waals surface area contributed by atoms with Gasteiger partial charge in [0.15, 0.2) is 11.5 Å². The van der Waals surface area contributed by atoms with Crippen LogP contribution in [0, 0.1) is 0 Å². The summed E-state index contributed by atoms with van der Waals surface area (Å²) >= 11 is 0. The number of carbonyl (C=O) groups is 1. The largest absolute Gasteiger partial charge is 0.493 e. The molecule has 2 rings (SSSR count). The number of benzene rings is 1. The average molecular weight is 274 g/mol. The van der Waals surface area contributed by atoms with E-state index in [0.717, 1.165) is 12.0 Å². The van der Waals surface area contributed by atoms with Gasteiger partial charge in [-0.15, -0.1) is 0 Å². The molecule has 1 aromatic carbocycles. The second-order valence-corrected chi connectivity index (χ2v) is 4.70. The first-order chi connectivity index (χ1) is 9.65. The van der Waals surface area contributed by atoms with E-state index in [1.54, 1.807) is 37.8 Å². The number of methoxy groups -OCH3 is 1. The number of nitrogens with zero attached hydrogens (tertiary/aromatic N) is 2. The van der Waals surface area contributed by atoms with Gasteiger partial charge in [0.1, 0.15) is 12.9 Å². The maximum Gasteiger partial charge on any atom is 0.161 e.